The molecule has 1 aliphatic carbocycles. The molecular formula is C25H27NO5. The molecule has 0 aromatic heterocycles. The topological polar surface area (TPSA) is 83.9 Å². The Bertz CT molecular complexity index is 960. The monoisotopic (exact) mass is 421 g/mol. The number of ether oxygens (including phenoxy) is 1. The summed E-state index contributed by atoms with van der Waals surface area (Å²) < 4.78 is 5.94. The standard InChI is InChI=1S/C25H27NO5/c1-16(23(28)26-24(29)20-12-5-6-13-21(20)25(26)30)22(27)18-10-7-11-19(14-18)31-15-17-8-3-2-4-9-17/h5-7,10-14,16-17,22,27H,2-4,8-9,15H2,1H3/t16-,22+/m1/s1. The van der Waals surface area contributed by atoms with Crippen LogP contribution in [0.2, 0.25) is 0 Å². The van der Waals surface area contributed by atoms with E-state index in [0.717, 1.165) is 0 Å². The highest BCUT2D eigenvalue weighted by atomic mass is 16.5. The molecule has 2 aliphatic rings. The van der Waals surface area contributed by atoms with Gasteiger partial charge < -0.3 is 9.84 Å². The Morgan fingerprint density at radius 3 is 2.32 bits per heavy atom. The molecule has 3 amide bonds. The second-order valence-corrected chi connectivity index (χ2v) is 8.45. The Morgan fingerprint density at radius 2 is 1.68 bits per heavy atom. The van der Waals surface area contributed by atoms with Crippen molar-refractivity contribution in [1.29, 1.82) is 0 Å². The molecule has 0 radical (unpaired) electrons. The fraction of sp³-hybridized carbons (Fsp3) is 0.400. The number of imide groups is 3. The minimum absolute atomic E-state index is 0.209. The SMILES string of the molecule is C[C@@H](C(=O)N1C(=O)c2ccccc2C1=O)[C@H](O)c1cccc(OCC2CCCCC2)c1. The van der Waals surface area contributed by atoms with E-state index in [-0.39, 0.29) is 11.1 Å². The van der Waals surface area contributed by atoms with Gasteiger partial charge in [0.2, 0.25) is 5.91 Å². The van der Waals surface area contributed by atoms with Gasteiger partial charge in [0.1, 0.15) is 5.75 Å². The van der Waals surface area contributed by atoms with Crippen LogP contribution < -0.4 is 4.74 Å². The van der Waals surface area contributed by atoms with Gasteiger partial charge in [-0.3, -0.25) is 14.4 Å². The number of aliphatic hydroxyl groups excluding tert-OH is 1. The van der Waals surface area contributed by atoms with Crippen LogP contribution in [0.5, 0.6) is 5.75 Å². The largest absolute Gasteiger partial charge is 0.493 e. The van der Waals surface area contributed by atoms with Crippen LogP contribution in [-0.2, 0) is 4.79 Å². The van der Waals surface area contributed by atoms with Gasteiger partial charge in [0.05, 0.1) is 29.8 Å². The molecule has 1 fully saturated rings. The van der Waals surface area contributed by atoms with Crippen molar-refractivity contribution in [3.63, 3.8) is 0 Å². The molecule has 31 heavy (non-hydrogen) atoms. The molecule has 162 valence electrons. The summed E-state index contributed by atoms with van der Waals surface area (Å²) >= 11 is 0. The lowest BCUT2D eigenvalue weighted by atomic mass is 9.90. The maximum absolute atomic E-state index is 13.0. The number of carbonyl (C=O) groups is 3. The van der Waals surface area contributed by atoms with Crippen molar-refractivity contribution in [2.24, 2.45) is 11.8 Å². The smallest absolute Gasteiger partial charge is 0.268 e. The summed E-state index contributed by atoms with van der Waals surface area (Å²) in [6, 6.07) is 13.4. The fourth-order valence-corrected chi connectivity index (χ4v) is 4.37. The molecule has 0 spiro atoms. The highest BCUT2D eigenvalue weighted by molar-refractivity contribution is 6.29. The molecule has 2 aromatic carbocycles. The molecule has 0 bridgehead atoms. The molecule has 1 saturated carbocycles. The number of hydrogen-bond donors (Lipinski definition) is 1. The van der Waals surface area contributed by atoms with Crippen LogP contribution in [0.4, 0.5) is 0 Å². The number of carbonyl (C=O) groups excluding carboxylic acids is 3. The minimum Gasteiger partial charge on any atom is -0.493 e. The van der Waals surface area contributed by atoms with Crippen molar-refractivity contribution < 1.29 is 24.2 Å². The van der Waals surface area contributed by atoms with Gasteiger partial charge in [-0.25, -0.2) is 4.90 Å². The van der Waals surface area contributed by atoms with Gasteiger partial charge >= 0.3 is 0 Å². The summed E-state index contributed by atoms with van der Waals surface area (Å²) in [4.78, 5) is 38.8. The van der Waals surface area contributed by atoms with Crippen LogP contribution in [0.3, 0.4) is 0 Å². The van der Waals surface area contributed by atoms with Crippen LogP contribution >= 0.6 is 0 Å². The lowest BCUT2D eigenvalue weighted by Gasteiger charge is -2.23. The van der Waals surface area contributed by atoms with Crippen molar-refractivity contribution in [3.8, 4) is 5.75 Å². The molecular weight excluding hydrogens is 394 g/mol. The number of benzene rings is 2. The zero-order valence-electron chi connectivity index (χ0n) is 17.6. The summed E-state index contributed by atoms with van der Waals surface area (Å²) in [5.41, 5.74) is 0.930. The van der Waals surface area contributed by atoms with E-state index in [4.69, 9.17) is 4.74 Å². The molecule has 1 N–H and O–H groups in total. The maximum Gasteiger partial charge on any atom is 0.268 e. The maximum atomic E-state index is 13.0. The van der Waals surface area contributed by atoms with Crippen molar-refractivity contribution in [1.82, 2.24) is 4.90 Å². The minimum atomic E-state index is -1.17. The Kier molecular flexibility index (Phi) is 6.18. The average Bonchev–Trinajstić information content (AvgIpc) is 3.07. The Labute approximate surface area is 181 Å². The number of aliphatic hydroxyl groups is 1. The summed E-state index contributed by atoms with van der Waals surface area (Å²) in [7, 11) is 0. The number of fused-ring (bicyclic) bond motifs is 1. The Balaban J connectivity index is 1.44. The average molecular weight is 421 g/mol. The van der Waals surface area contributed by atoms with Crippen LogP contribution in [0.25, 0.3) is 0 Å². The van der Waals surface area contributed by atoms with Crippen LogP contribution in [-0.4, -0.2) is 34.3 Å². The summed E-state index contributed by atoms with van der Waals surface area (Å²) in [5, 5.41) is 10.8. The highest BCUT2D eigenvalue weighted by Gasteiger charge is 2.42. The van der Waals surface area contributed by atoms with Gasteiger partial charge in [0, 0.05) is 0 Å². The molecule has 6 nitrogen and oxygen atoms in total. The van der Waals surface area contributed by atoms with Gasteiger partial charge in [-0.1, -0.05) is 50.5 Å². The summed E-state index contributed by atoms with van der Waals surface area (Å²) in [6.07, 6.45) is 4.95. The third-order valence-corrected chi connectivity index (χ3v) is 6.29. The van der Waals surface area contributed by atoms with E-state index >= 15 is 0 Å². The second-order valence-electron chi connectivity index (χ2n) is 8.45. The first-order valence-electron chi connectivity index (χ1n) is 10.9. The van der Waals surface area contributed by atoms with E-state index < -0.39 is 29.7 Å². The first-order valence-corrected chi connectivity index (χ1v) is 10.9. The third kappa shape index (κ3) is 4.26. The van der Waals surface area contributed by atoms with E-state index in [1.165, 1.54) is 51.2 Å². The van der Waals surface area contributed by atoms with Crippen molar-refractivity contribution in [3.05, 3.63) is 65.2 Å². The van der Waals surface area contributed by atoms with E-state index in [0.29, 0.717) is 28.7 Å². The Hall–Kier alpha value is -2.99. The third-order valence-electron chi connectivity index (χ3n) is 6.29. The lowest BCUT2D eigenvalue weighted by Crippen LogP contribution is -2.41. The van der Waals surface area contributed by atoms with E-state index in [1.807, 2.05) is 6.07 Å². The quantitative estimate of drug-likeness (QED) is 0.709. The van der Waals surface area contributed by atoms with Crippen LogP contribution in [0, 0.1) is 11.8 Å². The first-order chi connectivity index (χ1) is 15.0. The molecule has 0 saturated heterocycles. The fourth-order valence-electron chi connectivity index (χ4n) is 4.37. The van der Waals surface area contributed by atoms with E-state index in [2.05, 4.69) is 0 Å². The second kappa shape index (κ2) is 9.02. The molecule has 4 rings (SSSR count). The Morgan fingerprint density at radius 1 is 1.03 bits per heavy atom. The summed E-state index contributed by atoms with van der Waals surface area (Å²) in [5.74, 6) is -1.79. The van der Waals surface area contributed by atoms with Crippen molar-refractivity contribution >= 4 is 17.7 Å². The molecule has 1 heterocycles. The van der Waals surface area contributed by atoms with E-state index in [1.54, 1.807) is 30.3 Å². The predicted molar refractivity (Wildman–Crippen MR) is 115 cm³/mol. The van der Waals surface area contributed by atoms with Gasteiger partial charge in [-0.2, -0.15) is 0 Å². The molecule has 0 unspecified atom stereocenters. The number of amides is 3. The van der Waals surface area contributed by atoms with Crippen molar-refractivity contribution in [2.75, 3.05) is 6.61 Å². The van der Waals surface area contributed by atoms with Gasteiger partial charge in [0.15, 0.2) is 0 Å². The van der Waals surface area contributed by atoms with Crippen molar-refractivity contribution in [2.45, 2.75) is 45.1 Å². The number of rotatable bonds is 6. The number of hydrogen-bond acceptors (Lipinski definition) is 5. The van der Waals surface area contributed by atoms with Gasteiger partial charge in [0.25, 0.3) is 11.8 Å². The zero-order chi connectivity index (χ0) is 22.0. The molecule has 1 aliphatic heterocycles. The molecule has 2 aromatic rings. The lowest BCUT2D eigenvalue weighted by molar-refractivity contribution is -0.133. The molecule has 2 atom stereocenters. The van der Waals surface area contributed by atoms with Crippen LogP contribution in [0.15, 0.2) is 48.5 Å². The summed E-state index contributed by atoms with van der Waals surface area (Å²) in [6.45, 7) is 2.16. The van der Waals surface area contributed by atoms with Gasteiger partial charge in [-0.15, -0.1) is 0 Å². The zero-order valence-corrected chi connectivity index (χ0v) is 17.6. The van der Waals surface area contributed by atoms with Crippen LogP contribution in [0.1, 0.15) is 71.4 Å². The first kappa shape index (κ1) is 21.2. The normalized spacial score (nSPS) is 18.6. The highest BCUT2D eigenvalue weighted by Crippen LogP contribution is 2.31. The van der Waals surface area contributed by atoms with E-state index in [9.17, 15) is 19.5 Å². The molecule has 6 heteroatoms. The van der Waals surface area contributed by atoms with Gasteiger partial charge in [-0.05, 0) is 48.6 Å². The predicted octanol–water partition coefficient (Wildman–Crippen LogP) is 4.14. The number of nitrogens with zero attached hydrogens (tertiary/aromatic N) is 1.